The van der Waals surface area contributed by atoms with Crippen LogP contribution in [0.5, 0.6) is 17.2 Å². The molecule has 2 rings (SSSR count). The normalized spacial score (nSPS) is 10.2. The molecule has 0 amide bonds. The van der Waals surface area contributed by atoms with E-state index in [1.807, 2.05) is 56.3 Å². The Hall–Kier alpha value is -2.16. The van der Waals surface area contributed by atoms with Crippen molar-refractivity contribution in [3.63, 3.8) is 0 Å². The van der Waals surface area contributed by atoms with Crippen molar-refractivity contribution in [1.82, 2.24) is 0 Å². The molecule has 0 aliphatic rings. The Balaban J connectivity index is 2.41. The zero-order valence-electron chi connectivity index (χ0n) is 12.2. The van der Waals surface area contributed by atoms with Crippen molar-refractivity contribution in [2.75, 3.05) is 20.3 Å². The Morgan fingerprint density at radius 1 is 0.800 bits per heavy atom. The van der Waals surface area contributed by atoms with Gasteiger partial charge < -0.3 is 14.2 Å². The van der Waals surface area contributed by atoms with Crippen LogP contribution in [0, 0.1) is 0 Å². The lowest BCUT2D eigenvalue weighted by molar-refractivity contribution is 0.331. The van der Waals surface area contributed by atoms with Crippen LogP contribution in [0.3, 0.4) is 0 Å². The highest BCUT2D eigenvalue weighted by atomic mass is 16.5. The SMILES string of the molecule is CCOc1ccc(OCC)c(-c2ccc(OC)cc2)c1. The highest BCUT2D eigenvalue weighted by Crippen LogP contribution is 2.34. The van der Waals surface area contributed by atoms with E-state index in [2.05, 4.69) is 0 Å². The van der Waals surface area contributed by atoms with Crippen LogP contribution in [0.1, 0.15) is 13.8 Å². The average Bonchev–Trinajstić information content (AvgIpc) is 2.49. The molecule has 0 aliphatic carbocycles. The van der Waals surface area contributed by atoms with Gasteiger partial charge in [-0.3, -0.25) is 0 Å². The summed E-state index contributed by atoms with van der Waals surface area (Å²) in [5.74, 6) is 2.55. The van der Waals surface area contributed by atoms with E-state index in [0.29, 0.717) is 13.2 Å². The Morgan fingerprint density at radius 2 is 1.45 bits per heavy atom. The van der Waals surface area contributed by atoms with E-state index < -0.39 is 0 Å². The largest absolute Gasteiger partial charge is 0.497 e. The number of hydrogen-bond acceptors (Lipinski definition) is 3. The lowest BCUT2D eigenvalue weighted by Gasteiger charge is -2.13. The van der Waals surface area contributed by atoms with Gasteiger partial charge >= 0.3 is 0 Å². The van der Waals surface area contributed by atoms with E-state index in [0.717, 1.165) is 28.4 Å². The first-order valence-corrected chi connectivity index (χ1v) is 6.82. The number of hydrogen-bond donors (Lipinski definition) is 0. The quantitative estimate of drug-likeness (QED) is 0.790. The molecule has 3 heteroatoms. The topological polar surface area (TPSA) is 27.7 Å². The predicted molar refractivity (Wildman–Crippen MR) is 80.8 cm³/mol. The molecule has 0 atom stereocenters. The summed E-state index contributed by atoms with van der Waals surface area (Å²) < 4.78 is 16.4. The third-order valence-corrected chi connectivity index (χ3v) is 2.96. The van der Waals surface area contributed by atoms with Crippen molar-refractivity contribution in [3.8, 4) is 28.4 Å². The van der Waals surface area contributed by atoms with Gasteiger partial charge in [-0.2, -0.15) is 0 Å². The molecule has 0 heterocycles. The molecule has 3 nitrogen and oxygen atoms in total. The van der Waals surface area contributed by atoms with Crippen molar-refractivity contribution in [2.45, 2.75) is 13.8 Å². The van der Waals surface area contributed by atoms with Crippen molar-refractivity contribution in [3.05, 3.63) is 42.5 Å². The molecule has 0 bridgehead atoms. The minimum Gasteiger partial charge on any atom is -0.497 e. The monoisotopic (exact) mass is 272 g/mol. The fraction of sp³-hybridized carbons (Fsp3) is 0.294. The molecule has 0 fully saturated rings. The second-order valence-electron chi connectivity index (χ2n) is 4.25. The van der Waals surface area contributed by atoms with E-state index in [1.54, 1.807) is 7.11 Å². The maximum atomic E-state index is 5.69. The average molecular weight is 272 g/mol. The van der Waals surface area contributed by atoms with Gasteiger partial charge in [-0.05, 0) is 49.7 Å². The van der Waals surface area contributed by atoms with Gasteiger partial charge in [-0.25, -0.2) is 0 Å². The third-order valence-electron chi connectivity index (χ3n) is 2.96. The second-order valence-corrected chi connectivity index (χ2v) is 4.25. The molecule has 106 valence electrons. The summed E-state index contributed by atoms with van der Waals surface area (Å²) in [7, 11) is 1.66. The minimum atomic E-state index is 0.636. The number of ether oxygens (including phenoxy) is 3. The van der Waals surface area contributed by atoms with Gasteiger partial charge in [0, 0.05) is 5.56 Å². The Kier molecular flexibility index (Phi) is 4.88. The van der Waals surface area contributed by atoms with Crippen LogP contribution in [-0.4, -0.2) is 20.3 Å². The summed E-state index contributed by atoms with van der Waals surface area (Å²) in [6, 6.07) is 13.8. The predicted octanol–water partition coefficient (Wildman–Crippen LogP) is 4.16. The van der Waals surface area contributed by atoms with Crippen molar-refractivity contribution in [1.29, 1.82) is 0 Å². The van der Waals surface area contributed by atoms with Crippen LogP contribution < -0.4 is 14.2 Å². The van der Waals surface area contributed by atoms with Gasteiger partial charge in [0.1, 0.15) is 17.2 Å². The first-order valence-electron chi connectivity index (χ1n) is 6.82. The fourth-order valence-corrected chi connectivity index (χ4v) is 2.04. The van der Waals surface area contributed by atoms with E-state index in [9.17, 15) is 0 Å². The van der Waals surface area contributed by atoms with E-state index in [-0.39, 0.29) is 0 Å². The zero-order valence-corrected chi connectivity index (χ0v) is 12.2. The zero-order chi connectivity index (χ0) is 14.4. The van der Waals surface area contributed by atoms with E-state index in [1.165, 1.54) is 0 Å². The van der Waals surface area contributed by atoms with Gasteiger partial charge in [0.2, 0.25) is 0 Å². The molecule has 0 saturated carbocycles. The summed E-state index contributed by atoms with van der Waals surface area (Å²) in [6.07, 6.45) is 0. The van der Waals surface area contributed by atoms with Gasteiger partial charge in [0.15, 0.2) is 0 Å². The van der Waals surface area contributed by atoms with Gasteiger partial charge in [0.05, 0.1) is 20.3 Å². The summed E-state index contributed by atoms with van der Waals surface area (Å²) in [5, 5.41) is 0. The molecule has 0 aliphatic heterocycles. The lowest BCUT2D eigenvalue weighted by atomic mass is 10.0. The van der Waals surface area contributed by atoms with Crippen LogP contribution in [0.2, 0.25) is 0 Å². The van der Waals surface area contributed by atoms with Crippen LogP contribution in [0.4, 0.5) is 0 Å². The Bertz CT molecular complexity index is 547. The van der Waals surface area contributed by atoms with Crippen LogP contribution in [0.25, 0.3) is 11.1 Å². The maximum absolute atomic E-state index is 5.69. The van der Waals surface area contributed by atoms with Crippen molar-refractivity contribution < 1.29 is 14.2 Å². The highest BCUT2D eigenvalue weighted by molar-refractivity contribution is 5.72. The van der Waals surface area contributed by atoms with Crippen LogP contribution in [0.15, 0.2) is 42.5 Å². The van der Waals surface area contributed by atoms with Crippen LogP contribution >= 0.6 is 0 Å². The molecule has 2 aromatic carbocycles. The molecule has 0 unspecified atom stereocenters. The molecule has 20 heavy (non-hydrogen) atoms. The maximum Gasteiger partial charge on any atom is 0.127 e. The van der Waals surface area contributed by atoms with Gasteiger partial charge in [-0.15, -0.1) is 0 Å². The van der Waals surface area contributed by atoms with Crippen LogP contribution in [-0.2, 0) is 0 Å². The summed E-state index contributed by atoms with van der Waals surface area (Å²) in [4.78, 5) is 0. The number of rotatable bonds is 6. The molecule has 0 radical (unpaired) electrons. The lowest BCUT2D eigenvalue weighted by Crippen LogP contribution is -1.96. The van der Waals surface area contributed by atoms with E-state index in [4.69, 9.17) is 14.2 Å². The van der Waals surface area contributed by atoms with E-state index >= 15 is 0 Å². The minimum absolute atomic E-state index is 0.636. The van der Waals surface area contributed by atoms with Crippen molar-refractivity contribution >= 4 is 0 Å². The Labute approximate surface area is 120 Å². The molecule has 0 saturated heterocycles. The molecule has 2 aromatic rings. The molecule has 0 aromatic heterocycles. The number of methoxy groups -OCH3 is 1. The number of benzene rings is 2. The standard InChI is InChI=1S/C17H20O3/c1-4-19-15-10-11-17(20-5-2)16(12-15)13-6-8-14(18-3)9-7-13/h6-12H,4-5H2,1-3H3. The fourth-order valence-electron chi connectivity index (χ4n) is 2.04. The second kappa shape index (κ2) is 6.85. The molecule has 0 N–H and O–H groups in total. The van der Waals surface area contributed by atoms with Gasteiger partial charge in [-0.1, -0.05) is 12.1 Å². The molecular formula is C17H20O3. The summed E-state index contributed by atoms with van der Waals surface area (Å²) >= 11 is 0. The smallest absolute Gasteiger partial charge is 0.127 e. The first kappa shape index (κ1) is 14.3. The first-order chi connectivity index (χ1) is 9.78. The molecular weight excluding hydrogens is 252 g/mol. The highest BCUT2D eigenvalue weighted by Gasteiger charge is 2.08. The van der Waals surface area contributed by atoms with Crippen molar-refractivity contribution in [2.24, 2.45) is 0 Å². The van der Waals surface area contributed by atoms with Gasteiger partial charge in [0.25, 0.3) is 0 Å². The summed E-state index contributed by atoms with van der Waals surface area (Å²) in [6.45, 7) is 5.24. The third kappa shape index (κ3) is 3.23. The summed E-state index contributed by atoms with van der Waals surface area (Å²) in [5.41, 5.74) is 2.11. The molecule has 0 spiro atoms. The Morgan fingerprint density at radius 3 is 2.05 bits per heavy atom.